The Kier molecular flexibility index (Phi) is 2.14. The van der Waals surface area contributed by atoms with Gasteiger partial charge in [0.05, 0.1) is 0 Å². The lowest BCUT2D eigenvalue weighted by Gasteiger charge is -2.12. The third-order valence-corrected chi connectivity index (χ3v) is 2.75. The van der Waals surface area contributed by atoms with Gasteiger partial charge in [0.1, 0.15) is 0 Å². The molecule has 0 aromatic rings. The predicted molar refractivity (Wildman–Crippen MR) is 43.0 cm³/mol. The standard InChI is InChI=1S/C7H8NO2S/c1-2-11(9,10)7-5-3-4-6-8-7/h2-3,5-8H,1H2. The van der Waals surface area contributed by atoms with E-state index >= 15 is 0 Å². The molecule has 4 heteroatoms. The molecule has 0 bridgehead atoms. The first-order valence-electron chi connectivity index (χ1n) is 3.03. The summed E-state index contributed by atoms with van der Waals surface area (Å²) in [5, 5.41) is 2.89. The van der Waals surface area contributed by atoms with E-state index in [1.165, 1.54) is 12.3 Å². The molecule has 1 radical (unpaired) electrons. The van der Waals surface area contributed by atoms with Crippen LogP contribution in [0.3, 0.4) is 0 Å². The van der Waals surface area contributed by atoms with Crippen molar-refractivity contribution in [1.82, 2.24) is 5.32 Å². The lowest BCUT2D eigenvalue weighted by molar-refractivity contribution is 0.591. The molecule has 1 unspecified atom stereocenters. The van der Waals surface area contributed by atoms with Crippen LogP contribution in [0.15, 0.2) is 30.3 Å². The molecule has 0 amide bonds. The van der Waals surface area contributed by atoms with E-state index in [1.807, 2.05) is 0 Å². The van der Waals surface area contributed by atoms with Gasteiger partial charge in [-0.05, 0) is 12.2 Å². The molecule has 0 saturated carbocycles. The van der Waals surface area contributed by atoms with Crippen LogP contribution in [0, 0.1) is 6.08 Å². The third kappa shape index (κ3) is 1.71. The van der Waals surface area contributed by atoms with Crippen molar-refractivity contribution in [3.8, 4) is 0 Å². The molecule has 1 rings (SSSR count). The van der Waals surface area contributed by atoms with Gasteiger partial charge in [0.15, 0.2) is 15.2 Å². The highest BCUT2D eigenvalue weighted by Gasteiger charge is 2.18. The second-order valence-corrected chi connectivity index (χ2v) is 4.03. The van der Waals surface area contributed by atoms with Crippen LogP contribution >= 0.6 is 0 Å². The zero-order valence-corrected chi connectivity index (χ0v) is 6.64. The summed E-state index contributed by atoms with van der Waals surface area (Å²) in [6, 6.07) is 0. The maximum Gasteiger partial charge on any atom is 0.195 e. The van der Waals surface area contributed by atoms with Crippen molar-refractivity contribution in [1.29, 1.82) is 0 Å². The normalized spacial score (nSPS) is 22.7. The molecular weight excluding hydrogens is 162 g/mol. The number of allylic oxidation sites excluding steroid dienone is 2. The van der Waals surface area contributed by atoms with Crippen molar-refractivity contribution < 1.29 is 8.42 Å². The van der Waals surface area contributed by atoms with Gasteiger partial charge in [-0.3, -0.25) is 0 Å². The lowest BCUT2D eigenvalue weighted by atomic mass is 10.4. The zero-order valence-electron chi connectivity index (χ0n) is 5.82. The fraction of sp³-hybridized carbons (Fsp3) is 0.143. The molecule has 0 fully saturated rings. The Labute approximate surface area is 66.0 Å². The van der Waals surface area contributed by atoms with Crippen molar-refractivity contribution in [2.75, 3.05) is 0 Å². The number of rotatable bonds is 2. The molecule has 1 aliphatic heterocycles. The number of hydrogen-bond donors (Lipinski definition) is 1. The Morgan fingerprint density at radius 2 is 2.36 bits per heavy atom. The molecule has 59 valence electrons. The molecule has 1 atom stereocenters. The van der Waals surface area contributed by atoms with Crippen LogP contribution in [-0.4, -0.2) is 13.8 Å². The monoisotopic (exact) mass is 170 g/mol. The minimum atomic E-state index is -3.23. The van der Waals surface area contributed by atoms with E-state index in [1.54, 1.807) is 6.08 Å². The Hall–Kier alpha value is -1.03. The van der Waals surface area contributed by atoms with Crippen molar-refractivity contribution in [3.63, 3.8) is 0 Å². The van der Waals surface area contributed by atoms with Gasteiger partial charge >= 0.3 is 0 Å². The van der Waals surface area contributed by atoms with Crippen LogP contribution in [0.25, 0.3) is 0 Å². The summed E-state index contributed by atoms with van der Waals surface area (Å²) in [6.45, 7) is 3.21. The van der Waals surface area contributed by atoms with Crippen LogP contribution in [0.1, 0.15) is 0 Å². The summed E-state index contributed by atoms with van der Waals surface area (Å²) >= 11 is 0. The van der Waals surface area contributed by atoms with Gasteiger partial charge in [-0.25, -0.2) is 8.42 Å². The van der Waals surface area contributed by atoms with Gasteiger partial charge in [0.2, 0.25) is 0 Å². The molecule has 0 aromatic carbocycles. The Morgan fingerprint density at radius 1 is 1.64 bits per heavy atom. The summed E-state index contributed by atoms with van der Waals surface area (Å²) in [7, 11) is -3.23. The van der Waals surface area contributed by atoms with E-state index in [-0.39, 0.29) is 0 Å². The smallest absolute Gasteiger partial charge is 0.195 e. The predicted octanol–water partition coefficient (Wildman–Crippen LogP) is 0.347. The average Bonchev–Trinajstić information content (AvgIpc) is 2.06. The number of hydrogen-bond acceptors (Lipinski definition) is 3. The van der Waals surface area contributed by atoms with E-state index < -0.39 is 15.2 Å². The molecule has 0 saturated heterocycles. The molecular formula is C7H8NO2S. The molecule has 11 heavy (non-hydrogen) atoms. The molecule has 3 nitrogen and oxygen atoms in total. The summed E-state index contributed by atoms with van der Waals surface area (Å²) in [5.41, 5.74) is 0. The number of nitrogens with one attached hydrogen (secondary N) is 1. The maximum absolute atomic E-state index is 11.1. The first-order valence-corrected chi connectivity index (χ1v) is 4.64. The number of sulfone groups is 1. The van der Waals surface area contributed by atoms with Gasteiger partial charge in [0.25, 0.3) is 0 Å². The molecule has 0 spiro atoms. The maximum atomic E-state index is 11.1. The topological polar surface area (TPSA) is 46.2 Å². The van der Waals surface area contributed by atoms with Gasteiger partial charge in [-0.1, -0.05) is 12.7 Å². The van der Waals surface area contributed by atoms with Gasteiger partial charge in [-0.15, -0.1) is 0 Å². The van der Waals surface area contributed by atoms with E-state index in [4.69, 9.17) is 0 Å². The van der Waals surface area contributed by atoms with Crippen LogP contribution in [0.5, 0.6) is 0 Å². The summed E-state index contributed by atoms with van der Waals surface area (Å²) in [4.78, 5) is 0. The molecule has 1 heterocycles. The van der Waals surface area contributed by atoms with Crippen LogP contribution in [-0.2, 0) is 9.84 Å². The van der Waals surface area contributed by atoms with E-state index in [0.29, 0.717) is 0 Å². The molecule has 0 aromatic heterocycles. The summed E-state index contributed by atoms with van der Waals surface area (Å²) in [5.74, 6) is 0. The van der Waals surface area contributed by atoms with Gasteiger partial charge in [0, 0.05) is 11.6 Å². The van der Waals surface area contributed by atoms with Crippen molar-refractivity contribution >= 4 is 9.84 Å². The second-order valence-electron chi connectivity index (χ2n) is 2.01. The molecule has 1 aliphatic rings. The Balaban J connectivity index is 2.86. The fourth-order valence-corrected chi connectivity index (χ4v) is 1.45. The third-order valence-electron chi connectivity index (χ3n) is 1.28. The second kappa shape index (κ2) is 2.92. The van der Waals surface area contributed by atoms with Crippen molar-refractivity contribution in [2.45, 2.75) is 5.37 Å². The van der Waals surface area contributed by atoms with Gasteiger partial charge < -0.3 is 5.32 Å². The number of dihydropyridines is 1. The van der Waals surface area contributed by atoms with Crippen LogP contribution in [0.4, 0.5) is 0 Å². The quantitative estimate of drug-likeness (QED) is 0.650. The fourth-order valence-electron chi connectivity index (χ4n) is 0.685. The van der Waals surface area contributed by atoms with Crippen LogP contribution in [0.2, 0.25) is 0 Å². The minimum absolute atomic E-state index is 0.679. The highest BCUT2D eigenvalue weighted by molar-refractivity contribution is 7.95. The van der Waals surface area contributed by atoms with Gasteiger partial charge in [-0.2, -0.15) is 0 Å². The first-order chi connectivity index (χ1) is 5.17. The summed E-state index contributed by atoms with van der Waals surface area (Å²) in [6.07, 6.45) is 7.23. The minimum Gasteiger partial charge on any atom is -0.371 e. The first kappa shape index (κ1) is 8.07. The summed E-state index contributed by atoms with van der Waals surface area (Å²) < 4.78 is 22.1. The largest absolute Gasteiger partial charge is 0.371 e. The highest BCUT2D eigenvalue weighted by atomic mass is 32.2. The lowest BCUT2D eigenvalue weighted by Crippen LogP contribution is -2.31. The highest BCUT2D eigenvalue weighted by Crippen LogP contribution is 2.04. The zero-order chi connectivity index (χ0) is 8.32. The van der Waals surface area contributed by atoms with Crippen molar-refractivity contribution in [2.24, 2.45) is 0 Å². The molecule has 1 N–H and O–H groups in total. The van der Waals surface area contributed by atoms with E-state index in [2.05, 4.69) is 18.0 Å². The Morgan fingerprint density at radius 3 is 2.82 bits per heavy atom. The van der Waals surface area contributed by atoms with E-state index in [0.717, 1.165) is 5.41 Å². The van der Waals surface area contributed by atoms with E-state index in [9.17, 15) is 8.42 Å². The van der Waals surface area contributed by atoms with Crippen molar-refractivity contribution in [3.05, 3.63) is 36.4 Å². The SMILES string of the molecule is C=CS(=O)(=O)C1C=C[C]=CN1. The average molecular weight is 170 g/mol. The Bertz CT molecular complexity index is 300. The molecule has 0 aliphatic carbocycles. The van der Waals surface area contributed by atoms with Crippen LogP contribution < -0.4 is 5.32 Å².